The molecule has 0 aliphatic heterocycles. The molecule has 0 aliphatic carbocycles. The number of carbonyl (C=O) groups is 2. The predicted octanol–water partition coefficient (Wildman–Crippen LogP) is 0.418. The first-order chi connectivity index (χ1) is 6.50. The van der Waals surface area contributed by atoms with Crippen LogP contribution >= 0.6 is 12.4 Å². The number of nitrogens with two attached hydrogens (primary N) is 1. The summed E-state index contributed by atoms with van der Waals surface area (Å²) in [6.45, 7) is 3.43. The van der Waals surface area contributed by atoms with Crippen LogP contribution < -0.4 is 5.73 Å². The minimum Gasteiger partial charge on any atom is -0.469 e. The third kappa shape index (κ3) is 4.80. The Kier molecular flexibility index (Phi) is 7.91. The first-order valence-corrected chi connectivity index (χ1v) is 4.08. The summed E-state index contributed by atoms with van der Waals surface area (Å²) in [6.07, 6.45) is 1.44. The Labute approximate surface area is 95.0 Å². The van der Waals surface area contributed by atoms with Gasteiger partial charge in [0.15, 0.2) is 0 Å². The molecule has 0 radical (unpaired) electrons. The fourth-order valence-electron chi connectivity index (χ4n) is 0.888. The molecule has 0 bridgehead atoms. The van der Waals surface area contributed by atoms with Crippen LogP contribution in [-0.2, 0) is 19.1 Å². The molecular weight excluding hydrogens is 222 g/mol. The van der Waals surface area contributed by atoms with Crippen molar-refractivity contribution in [3.05, 3.63) is 12.7 Å². The van der Waals surface area contributed by atoms with Gasteiger partial charge in [0.2, 0.25) is 0 Å². The van der Waals surface area contributed by atoms with Crippen molar-refractivity contribution >= 4 is 24.3 Å². The zero-order valence-electron chi connectivity index (χ0n) is 8.82. The smallest absolute Gasteiger partial charge is 0.329 e. The van der Waals surface area contributed by atoms with Gasteiger partial charge >= 0.3 is 11.9 Å². The Balaban J connectivity index is 0. The molecule has 0 saturated carbocycles. The molecule has 0 spiro atoms. The lowest BCUT2D eigenvalue weighted by atomic mass is 9.95. The highest BCUT2D eigenvalue weighted by molar-refractivity contribution is 5.85. The second kappa shape index (κ2) is 7.25. The van der Waals surface area contributed by atoms with Gasteiger partial charge in [-0.2, -0.15) is 0 Å². The first kappa shape index (κ1) is 16.4. The van der Waals surface area contributed by atoms with Crippen molar-refractivity contribution in [1.82, 2.24) is 0 Å². The van der Waals surface area contributed by atoms with E-state index in [0.717, 1.165) is 0 Å². The van der Waals surface area contributed by atoms with Crippen molar-refractivity contribution < 1.29 is 19.1 Å². The highest BCUT2D eigenvalue weighted by Crippen LogP contribution is 2.13. The molecule has 0 aromatic carbocycles. The van der Waals surface area contributed by atoms with E-state index in [1.807, 2.05) is 0 Å². The lowest BCUT2D eigenvalue weighted by molar-refractivity contribution is -0.146. The molecule has 0 fully saturated rings. The lowest BCUT2D eigenvalue weighted by Crippen LogP contribution is -2.47. The largest absolute Gasteiger partial charge is 0.469 e. The Morgan fingerprint density at radius 1 is 1.40 bits per heavy atom. The maximum Gasteiger partial charge on any atom is 0.329 e. The average molecular weight is 238 g/mol. The SMILES string of the molecule is C=C[C@](N)(CCC(=O)OC)C(=O)OC.Cl. The summed E-state index contributed by atoms with van der Waals surface area (Å²) in [5.74, 6) is -1.04. The minimum atomic E-state index is -1.32. The van der Waals surface area contributed by atoms with E-state index >= 15 is 0 Å². The number of hydrogen-bond donors (Lipinski definition) is 1. The summed E-state index contributed by atoms with van der Waals surface area (Å²) in [6, 6.07) is 0. The number of rotatable bonds is 5. The molecule has 1 atom stereocenters. The second-order valence-corrected chi connectivity index (χ2v) is 2.81. The Hall–Kier alpha value is -1.07. The number of esters is 2. The maximum atomic E-state index is 11.2. The van der Waals surface area contributed by atoms with E-state index in [4.69, 9.17) is 5.73 Å². The van der Waals surface area contributed by atoms with Crippen molar-refractivity contribution in [2.24, 2.45) is 5.73 Å². The topological polar surface area (TPSA) is 78.6 Å². The predicted molar refractivity (Wildman–Crippen MR) is 57.6 cm³/mol. The van der Waals surface area contributed by atoms with Crippen LogP contribution in [0.3, 0.4) is 0 Å². The first-order valence-electron chi connectivity index (χ1n) is 4.08. The van der Waals surface area contributed by atoms with E-state index in [-0.39, 0.29) is 25.2 Å². The van der Waals surface area contributed by atoms with Crippen LogP contribution in [0, 0.1) is 0 Å². The summed E-state index contributed by atoms with van der Waals surface area (Å²) in [5.41, 5.74) is 4.34. The molecule has 0 amide bonds. The monoisotopic (exact) mass is 237 g/mol. The van der Waals surface area contributed by atoms with E-state index in [2.05, 4.69) is 16.1 Å². The Morgan fingerprint density at radius 3 is 2.27 bits per heavy atom. The number of halogens is 1. The zero-order valence-corrected chi connectivity index (χ0v) is 9.63. The van der Waals surface area contributed by atoms with Crippen LogP contribution in [0.15, 0.2) is 12.7 Å². The van der Waals surface area contributed by atoms with Gasteiger partial charge in [0.1, 0.15) is 5.54 Å². The normalized spacial score (nSPS) is 13.0. The lowest BCUT2D eigenvalue weighted by Gasteiger charge is -2.21. The van der Waals surface area contributed by atoms with Crippen LogP contribution in [0.2, 0.25) is 0 Å². The molecule has 0 unspecified atom stereocenters. The minimum absolute atomic E-state index is 0. The molecule has 0 aliphatic rings. The molecule has 6 heteroatoms. The van der Waals surface area contributed by atoms with Gasteiger partial charge < -0.3 is 15.2 Å². The highest BCUT2D eigenvalue weighted by Gasteiger charge is 2.32. The van der Waals surface area contributed by atoms with Crippen LogP contribution in [0.5, 0.6) is 0 Å². The fourth-order valence-corrected chi connectivity index (χ4v) is 0.888. The molecule has 5 nitrogen and oxygen atoms in total. The van der Waals surface area contributed by atoms with Gasteiger partial charge in [0.05, 0.1) is 14.2 Å². The van der Waals surface area contributed by atoms with Crippen LogP contribution in [0.25, 0.3) is 0 Å². The van der Waals surface area contributed by atoms with Gasteiger partial charge in [-0.3, -0.25) is 4.79 Å². The number of methoxy groups -OCH3 is 2. The Bertz CT molecular complexity index is 244. The standard InChI is InChI=1S/C9H15NO4.ClH/c1-4-9(10,8(12)14-3)6-5-7(11)13-2;/h4H,1,5-6,10H2,2-3H3;1H/t9-;/m0./s1. The van der Waals surface area contributed by atoms with Crippen molar-refractivity contribution in [2.45, 2.75) is 18.4 Å². The van der Waals surface area contributed by atoms with E-state index in [9.17, 15) is 9.59 Å². The summed E-state index contributed by atoms with van der Waals surface area (Å²) in [4.78, 5) is 22.0. The quantitative estimate of drug-likeness (QED) is 0.554. The van der Waals surface area contributed by atoms with Gasteiger partial charge in [0, 0.05) is 6.42 Å². The van der Waals surface area contributed by atoms with Gasteiger partial charge in [-0.1, -0.05) is 6.08 Å². The fraction of sp³-hybridized carbons (Fsp3) is 0.556. The molecule has 0 rings (SSSR count). The molecule has 88 valence electrons. The third-order valence-electron chi connectivity index (χ3n) is 1.90. The van der Waals surface area contributed by atoms with E-state index in [1.54, 1.807) is 0 Å². The Morgan fingerprint density at radius 2 is 1.93 bits per heavy atom. The van der Waals surface area contributed by atoms with Crippen LogP contribution in [-0.4, -0.2) is 31.7 Å². The van der Waals surface area contributed by atoms with Gasteiger partial charge in [-0.05, 0) is 6.42 Å². The maximum absolute atomic E-state index is 11.2. The van der Waals surface area contributed by atoms with Gasteiger partial charge in [-0.15, -0.1) is 19.0 Å². The third-order valence-corrected chi connectivity index (χ3v) is 1.90. The van der Waals surface area contributed by atoms with E-state index in [0.29, 0.717) is 0 Å². The van der Waals surface area contributed by atoms with Crippen molar-refractivity contribution in [1.29, 1.82) is 0 Å². The molecular formula is C9H16ClNO4. The summed E-state index contributed by atoms with van der Waals surface area (Å²) < 4.78 is 8.91. The number of hydrogen-bond acceptors (Lipinski definition) is 5. The van der Waals surface area contributed by atoms with Gasteiger partial charge in [0.25, 0.3) is 0 Å². The molecule has 15 heavy (non-hydrogen) atoms. The summed E-state index contributed by atoms with van der Waals surface area (Å²) >= 11 is 0. The molecule has 0 aromatic rings. The molecule has 2 N–H and O–H groups in total. The summed E-state index contributed by atoms with van der Waals surface area (Å²) in [5, 5.41) is 0. The average Bonchev–Trinajstić information content (AvgIpc) is 2.23. The van der Waals surface area contributed by atoms with Crippen molar-refractivity contribution in [2.75, 3.05) is 14.2 Å². The zero-order chi connectivity index (χ0) is 11.2. The van der Waals surface area contributed by atoms with Crippen LogP contribution in [0.4, 0.5) is 0 Å². The molecule has 0 saturated heterocycles. The van der Waals surface area contributed by atoms with E-state index in [1.165, 1.54) is 20.3 Å². The summed E-state index contributed by atoms with van der Waals surface area (Å²) in [7, 11) is 2.50. The molecule has 0 aromatic heterocycles. The number of ether oxygens (including phenoxy) is 2. The van der Waals surface area contributed by atoms with Crippen molar-refractivity contribution in [3.63, 3.8) is 0 Å². The highest BCUT2D eigenvalue weighted by atomic mass is 35.5. The number of carbonyl (C=O) groups excluding carboxylic acids is 2. The van der Waals surface area contributed by atoms with Crippen molar-refractivity contribution in [3.8, 4) is 0 Å². The van der Waals surface area contributed by atoms with Gasteiger partial charge in [-0.25, -0.2) is 4.79 Å². The van der Waals surface area contributed by atoms with Crippen LogP contribution in [0.1, 0.15) is 12.8 Å². The molecule has 0 heterocycles. The second-order valence-electron chi connectivity index (χ2n) is 2.81. The van der Waals surface area contributed by atoms with E-state index < -0.39 is 17.5 Å².